The smallest absolute Gasteiger partial charge is 0.267 e. The van der Waals surface area contributed by atoms with Gasteiger partial charge in [0.15, 0.2) is 0 Å². The van der Waals surface area contributed by atoms with E-state index in [1.165, 1.54) is 24.4 Å². The summed E-state index contributed by atoms with van der Waals surface area (Å²) in [6.45, 7) is 0. The molecule has 0 spiro atoms. The van der Waals surface area contributed by atoms with Crippen LogP contribution in [0.2, 0.25) is 5.02 Å². The molecule has 0 amide bonds. The fourth-order valence-electron chi connectivity index (χ4n) is 2.33. The molecule has 1 heterocycles. The number of halogens is 4. The Morgan fingerprint density at radius 1 is 1.25 bits per heavy atom. The van der Waals surface area contributed by atoms with Gasteiger partial charge in [-0.3, -0.25) is 4.79 Å². The summed E-state index contributed by atoms with van der Waals surface area (Å²) >= 11 is 5.84. The van der Waals surface area contributed by atoms with Crippen molar-refractivity contribution < 1.29 is 18.0 Å². The lowest BCUT2D eigenvalue weighted by Crippen LogP contribution is -2.20. The summed E-state index contributed by atoms with van der Waals surface area (Å²) < 4.78 is 40.4. The summed E-state index contributed by atoms with van der Waals surface area (Å²) in [6.07, 6.45) is -3.41. The SMILES string of the molecule is N#Cc1ccc2cnn(C(=O)c3c(Cl)cccc3C(F)(F)F)c2c1. The molecule has 8 heteroatoms. The van der Waals surface area contributed by atoms with Gasteiger partial charge in [-0.1, -0.05) is 17.7 Å². The van der Waals surface area contributed by atoms with Gasteiger partial charge in [0.25, 0.3) is 5.91 Å². The molecule has 24 heavy (non-hydrogen) atoms. The first-order chi connectivity index (χ1) is 11.3. The Balaban J connectivity index is 2.23. The first-order valence-corrected chi connectivity index (χ1v) is 6.99. The molecule has 0 fully saturated rings. The van der Waals surface area contributed by atoms with E-state index >= 15 is 0 Å². The van der Waals surface area contributed by atoms with Crippen LogP contribution in [-0.2, 0) is 6.18 Å². The van der Waals surface area contributed by atoms with E-state index in [9.17, 15) is 18.0 Å². The van der Waals surface area contributed by atoms with Gasteiger partial charge in [-0.15, -0.1) is 0 Å². The minimum Gasteiger partial charge on any atom is -0.267 e. The zero-order valence-electron chi connectivity index (χ0n) is 11.8. The highest BCUT2D eigenvalue weighted by Gasteiger charge is 2.37. The largest absolute Gasteiger partial charge is 0.417 e. The van der Waals surface area contributed by atoms with Crippen LogP contribution < -0.4 is 0 Å². The normalized spacial score (nSPS) is 11.5. The molecular weight excluding hydrogens is 343 g/mol. The highest BCUT2D eigenvalue weighted by atomic mass is 35.5. The maximum atomic E-state index is 13.2. The van der Waals surface area contributed by atoms with E-state index < -0.39 is 23.2 Å². The summed E-state index contributed by atoms with van der Waals surface area (Å²) in [5, 5.41) is 13.0. The van der Waals surface area contributed by atoms with Crippen LogP contribution >= 0.6 is 11.6 Å². The molecule has 3 rings (SSSR count). The molecule has 0 aliphatic carbocycles. The number of nitriles is 1. The zero-order valence-corrected chi connectivity index (χ0v) is 12.6. The molecule has 0 unspecified atom stereocenters. The zero-order chi connectivity index (χ0) is 17.5. The van der Waals surface area contributed by atoms with Crippen molar-refractivity contribution in [1.82, 2.24) is 9.78 Å². The van der Waals surface area contributed by atoms with E-state index in [4.69, 9.17) is 16.9 Å². The summed E-state index contributed by atoms with van der Waals surface area (Å²) in [5.74, 6) is -1.02. The van der Waals surface area contributed by atoms with Crippen molar-refractivity contribution in [2.24, 2.45) is 0 Å². The van der Waals surface area contributed by atoms with Gasteiger partial charge in [0.1, 0.15) is 0 Å². The topological polar surface area (TPSA) is 58.7 Å². The monoisotopic (exact) mass is 349 g/mol. The number of carbonyl (C=O) groups excluding carboxylic acids is 1. The van der Waals surface area contributed by atoms with E-state index in [0.29, 0.717) is 5.39 Å². The third-order valence-corrected chi connectivity index (χ3v) is 3.74. The van der Waals surface area contributed by atoms with Crippen molar-refractivity contribution in [1.29, 1.82) is 5.26 Å². The van der Waals surface area contributed by atoms with Crippen LogP contribution in [0.25, 0.3) is 10.9 Å². The molecule has 4 nitrogen and oxygen atoms in total. The summed E-state index contributed by atoms with van der Waals surface area (Å²) in [6, 6.07) is 9.47. The van der Waals surface area contributed by atoms with Gasteiger partial charge in [0.2, 0.25) is 0 Å². The quantitative estimate of drug-likeness (QED) is 0.659. The molecule has 0 saturated carbocycles. The summed E-state index contributed by atoms with van der Waals surface area (Å²) in [7, 11) is 0. The number of aromatic nitrogens is 2. The Hall–Kier alpha value is -2.85. The Morgan fingerprint density at radius 2 is 2.00 bits per heavy atom. The van der Waals surface area contributed by atoms with Crippen LogP contribution in [0.5, 0.6) is 0 Å². The van der Waals surface area contributed by atoms with Crippen molar-refractivity contribution in [2.45, 2.75) is 6.18 Å². The van der Waals surface area contributed by atoms with E-state index in [2.05, 4.69) is 5.10 Å². The van der Waals surface area contributed by atoms with Crippen LogP contribution in [-0.4, -0.2) is 15.7 Å². The van der Waals surface area contributed by atoms with Gasteiger partial charge in [0, 0.05) is 5.39 Å². The minimum absolute atomic E-state index is 0.229. The van der Waals surface area contributed by atoms with Gasteiger partial charge < -0.3 is 0 Å². The van der Waals surface area contributed by atoms with Crippen LogP contribution in [0.15, 0.2) is 42.6 Å². The van der Waals surface area contributed by atoms with Crippen LogP contribution in [0, 0.1) is 11.3 Å². The Kier molecular flexibility index (Phi) is 3.78. The Morgan fingerprint density at radius 3 is 2.67 bits per heavy atom. The number of alkyl halides is 3. The molecule has 0 bridgehead atoms. The average Bonchev–Trinajstić information content (AvgIpc) is 2.96. The Labute approximate surface area is 138 Å². The molecule has 1 aromatic heterocycles. The third kappa shape index (κ3) is 2.61. The van der Waals surface area contributed by atoms with Crippen LogP contribution in [0.4, 0.5) is 13.2 Å². The number of hydrogen-bond donors (Lipinski definition) is 0. The number of rotatable bonds is 1. The highest BCUT2D eigenvalue weighted by molar-refractivity contribution is 6.34. The average molecular weight is 350 g/mol. The standard InChI is InChI=1S/C16H7ClF3N3O/c17-12-3-1-2-11(16(18,19)20)14(12)15(24)23-13-6-9(7-21)4-5-10(13)8-22-23/h1-6,8H. The summed E-state index contributed by atoms with van der Waals surface area (Å²) in [4.78, 5) is 12.6. The predicted octanol–water partition coefficient (Wildman–Crippen LogP) is 4.27. The molecule has 0 aliphatic heterocycles. The molecule has 0 aliphatic rings. The first kappa shape index (κ1) is 16.0. The van der Waals surface area contributed by atoms with Crippen molar-refractivity contribution >= 4 is 28.4 Å². The summed E-state index contributed by atoms with van der Waals surface area (Å²) in [5.41, 5.74) is -1.33. The van der Waals surface area contributed by atoms with E-state index in [-0.39, 0.29) is 16.1 Å². The van der Waals surface area contributed by atoms with Crippen molar-refractivity contribution in [2.75, 3.05) is 0 Å². The van der Waals surface area contributed by atoms with E-state index in [1.807, 2.05) is 6.07 Å². The lowest BCUT2D eigenvalue weighted by Gasteiger charge is -2.13. The van der Waals surface area contributed by atoms with Crippen molar-refractivity contribution in [3.05, 3.63) is 64.3 Å². The van der Waals surface area contributed by atoms with Crippen molar-refractivity contribution in [3.63, 3.8) is 0 Å². The number of hydrogen-bond acceptors (Lipinski definition) is 3. The maximum Gasteiger partial charge on any atom is 0.417 e. The second kappa shape index (κ2) is 5.65. The third-order valence-electron chi connectivity index (χ3n) is 3.43. The highest BCUT2D eigenvalue weighted by Crippen LogP contribution is 2.35. The molecule has 3 aromatic rings. The fourth-order valence-corrected chi connectivity index (χ4v) is 2.59. The molecule has 120 valence electrons. The molecule has 2 aromatic carbocycles. The van der Waals surface area contributed by atoms with Gasteiger partial charge in [-0.2, -0.15) is 28.2 Å². The lowest BCUT2D eigenvalue weighted by molar-refractivity contribution is -0.137. The van der Waals surface area contributed by atoms with Crippen LogP contribution in [0.3, 0.4) is 0 Å². The Bertz CT molecular complexity index is 1000. The molecule has 0 saturated heterocycles. The maximum absolute atomic E-state index is 13.2. The number of carbonyl (C=O) groups is 1. The minimum atomic E-state index is -4.74. The van der Waals surface area contributed by atoms with E-state index in [0.717, 1.165) is 16.8 Å². The predicted molar refractivity (Wildman–Crippen MR) is 80.6 cm³/mol. The number of benzene rings is 2. The van der Waals surface area contributed by atoms with Gasteiger partial charge >= 0.3 is 6.18 Å². The lowest BCUT2D eigenvalue weighted by atomic mass is 10.1. The molecular formula is C16H7ClF3N3O. The van der Waals surface area contributed by atoms with Crippen molar-refractivity contribution in [3.8, 4) is 6.07 Å². The molecule has 0 N–H and O–H groups in total. The second-order valence-corrected chi connectivity index (χ2v) is 5.31. The van der Waals surface area contributed by atoms with Gasteiger partial charge in [-0.25, -0.2) is 0 Å². The number of fused-ring (bicyclic) bond motifs is 1. The van der Waals surface area contributed by atoms with Gasteiger partial charge in [-0.05, 0) is 30.3 Å². The van der Waals surface area contributed by atoms with Gasteiger partial charge in [0.05, 0.1) is 39.5 Å². The number of nitrogens with zero attached hydrogens (tertiary/aromatic N) is 3. The molecule has 0 atom stereocenters. The molecule has 0 radical (unpaired) electrons. The van der Waals surface area contributed by atoms with E-state index in [1.54, 1.807) is 6.07 Å². The van der Waals surface area contributed by atoms with Crippen LogP contribution in [0.1, 0.15) is 21.5 Å². The fraction of sp³-hybridized carbons (Fsp3) is 0.0625. The first-order valence-electron chi connectivity index (χ1n) is 6.61. The second-order valence-electron chi connectivity index (χ2n) is 4.91.